The molecule has 4 rings (SSSR count). The van der Waals surface area contributed by atoms with Crippen LogP contribution in [0.1, 0.15) is 34.1 Å². The lowest BCUT2D eigenvalue weighted by atomic mass is 10.1. The first-order chi connectivity index (χ1) is 16.4. The van der Waals surface area contributed by atoms with Crippen molar-refractivity contribution >= 4 is 45.2 Å². The van der Waals surface area contributed by atoms with Gasteiger partial charge in [0.2, 0.25) is 5.91 Å². The molecule has 34 heavy (non-hydrogen) atoms. The molecule has 0 N–H and O–H groups in total. The Bertz CT molecular complexity index is 1080. The molecule has 0 radical (unpaired) electrons. The third-order valence-corrected chi connectivity index (χ3v) is 6.81. The highest BCUT2D eigenvalue weighted by Crippen LogP contribution is 2.27. The minimum Gasteiger partial charge on any atom is -0.454 e. The number of anilines is 1. The van der Waals surface area contributed by atoms with E-state index in [1.54, 1.807) is 36.4 Å². The number of esters is 1. The zero-order valence-corrected chi connectivity index (χ0v) is 20.5. The van der Waals surface area contributed by atoms with Gasteiger partial charge in [0.1, 0.15) is 0 Å². The zero-order valence-electron chi connectivity index (χ0n) is 18.9. The van der Waals surface area contributed by atoms with Gasteiger partial charge in [-0.25, -0.2) is 9.69 Å². The molecule has 2 aliphatic heterocycles. The van der Waals surface area contributed by atoms with Gasteiger partial charge in [0.05, 0.1) is 23.7 Å². The maximum atomic E-state index is 13.0. The van der Waals surface area contributed by atoms with E-state index in [0.717, 1.165) is 37.2 Å². The Balaban J connectivity index is 1.35. The van der Waals surface area contributed by atoms with Gasteiger partial charge in [-0.05, 0) is 42.9 Å². The standard InChI is InChI=1S/C25H26BrN3O5/c1-2-27-11-13-28(14-12-27)21-15-23(31)29(24(21)32)20-9-5-18(6-10-20)25(33)34-16-22(30)17-3-7-19(26)8-4-17/h3-10,21H,2,11-16H2,1H3. The Labute approximate surface area is 206 Å². The van der Waals surface area contributed by atoms with Crippen LogP contribution in [0.4, 0.5) is 5.69 Å². The Morgan fingerprint density at radius 2 is 1.56 bits per heavy atom. The normalized spacial score (nSPS) is 19.5. The molecular weight excluding hydrogens is 502 g/mol. The smallest absolute Gasteiger partial charge is 0.338 e. The largest absolute Gasteiger partial charge is 0.454 e. The van der Waals surface area contributed by atoms with Crippen molar-refractivity contribution in [2.24, 2.45) is 0 Å². The number of piperazine rings is 1. The summed E-state index contributed by atoms with van der Waals surface area (Å²) in [6.45, 7) is 6.00. The van der Waals surface area contributed by atoms with Crippen molar-refractivity contribution in [3.05, 3.63) is 64.1 Å². The van der Waals surface area contributed by atoms with E-state index in [1.165, 1.54) is 17.0 Å². The van der Waals surface area contributed by atoms with Gasteiger partial charge in [0.15, 0.2) is 12.4 Å². The lowest BCUT2D eigenvalue weighted by molar-refractivity contribution is -0.123. The maximum Gasteiger partial charge on any atom is 0.338 e. The number of ether oxygens (including phenoxy) is 1. The molecule has 2 aliphatic rings. The van der Waals surface area contributed by atoms with Crippen LogP contribution in [0.15, 0.2) is 53.0 Å². The Morgan fingerprint density at radius 1 is 0.941 bits per heavy atom. The van der Waals surface area contributed by atoms with Gasteiger partial charge in [0.25, 0.3) is 5.91 Å². The molecule has 2 heterocycles. The van der Waals surface area contributed by atoms with E-state index in [0.29, 0.717) is 11.3 Å². The van der Waals surface area contributed by atoms with Crippen molar-refractivity contribution in [1.82, 2.24) is 9.80 Å². The molecule has 0 saturated carbocycles. The minimum absolute atomic E-state index is 0.160. The summed E-state index contributed by atoms with van der Waals surface area (Å²) in [5.74, 6) is -1.44. The van der Waals surface area contributed by atoms with Crippen molar-refractivity contribution < 1.29 is 23.9 Å². The van der Waals surface area contributed by atoms with Crippen LogP contribution in [-0.2, 0) is 14.3 Å². The Morgan fingerprint density at radius 3 is 2.18 bits per heavy atom. The van der Waals surface area contributed by atoms with E-state index in [4.69, 9.17) is 4.74 Å². The van der Waals surface area contributed by atoms with E-state index in [1.807, 2.05) is 0 Å². The summed E-state index contributed by atoms with van der Waals surface area (Å²) in [6, 6.07) is 12.4. The Kier molecular flexibility index (Phi) is 7.55. The summed E-state index contributed by atoms with van der Waals surface area (Å²) in [5, 5.41) is 0. The van der Waals surface area contributed by atoms with Gasteiger partial charge in [-0.15, -0.1) is 0 Å². The number of carbonyl (C=O) groups is 4. The zero-order chi connectivity index (χ0) is 24.2. The van der Waals surface area contributed by atoms with Crippen LogP contribution >= 0.6 is 15.9 Å². The highest BCUT2D eigenvalue weighted by molar-refractivity contribution is 9.10. The molecule has 8 nitrogen and oxygen atoms in total. The van der Waals surface area contributed by atoms with Crippen LogP contribution in [0.5, 0.6) is 0 Å². The molecule has 2 fully saturated rings. The summed E-state index contributed by atoms with van der Waals surface area (Å²) in [5.41, 5.74) is 1.11. The predicted octanol–water partition coefficient (Wildman–Crippen LogP) is 2.76. The highest BCUT2D eigenvalue weighted by atomic mass is 79.9. The molecule has 2 aromatic carbocycles. The quantitative estimate of drug-likeness (QED) is 0.310. The van der Waals surface area contributed by atoms with Crippen LogP contribution in [-0.4, -0.2) is 78.7 Å². The van der Waals surface area contributed by atoms with Gasteiger partial charge < -0.3 is 9.64 Å². The SMILES string of the molecule is CCN1CCN(C2CC(=O)N(c3ccc(C(=O)OCC(=O)c4ccc(Br)cc4)cc3)C2=O)CC1. The van der Waals surface area contributed by atoms with Crippen LogP contribution in [0, 0.1) is 0 Å². The average Bonchev–Trinajstić information content (AvgIpc) is 3.16. The molecule has 2 amide bonds. The minimum atomic E-state index is -0.650. The summed E-state index contributed by atoms with van der Waals surface area (Å²) >= 11 is 3.31. The fourth-order valence-corrected chi connectivity index (χ4v) is 4.51. The number of ketones is 1. The summed E-state index contributed by atoms with van der Waals surface area (Å²) < 4.78 is 5.99. The van der Waals surface area contributed by atoms with Crippen LogP contribution in [0.25, 0.3) is 0 Å². The van der Waals surface area contributed by atoms with Gasteiger partial charge in [-0.2, -0.15) is 0 Å². The number of nitrogens with zero attached hydrogens (tertiary/aromatic N) is 3. The van der Waals surface area contributed by atoms with Gasteiger partial charge in [0, 0.05) is 36.2 Å². The van der Waals surface area contributed by atoms with E-state index >= 15 is 0 Å². The van der Waals surface area contributed by atoms with Crippen LogP contribution < -0.4 is 4.90 Å². The molecule has 0 aromatic heterocycles. The number of hydrogen-bond donors (Lipinski definition) is 0. The first kappa shape index (κ1) is 24.3. The van der Waals surface area contributed by atoms with Crippen molar-refractivity contribution in [3.8, 4) is 0 Å². The topological polar surface area (TPSA) is 87.2 Å². The number of imide groups is 1. The fraction of sp³-hybridized carbons (Fsp3) is 0.360. The first-order valence-corrected chi connectivity index (χ1v) is 12.1. The number of likely N-dealkylation sites (N-methyl/N-ethyl adjacent to an activating group) is 1. The van der Waals surface area contributed by atoms with E-state index in [9.17, 15) is 19.2 Å². The molecule has 178 valence electrons. The molecule has 2 aromatic rings. The van der Waals surface area contributed by atoms with Crippen molar-refractivity contribution in [3.63, 3.8) is 0 Å². The second-order valence-electron chi connectivity index (χ2n) is 8.31. The second kappa shape index (κ2) is 10.6. The molecule has 1 unspecified atom stereocenters. The summed E-state index contributed by atoms with van der Waals surface area (Å²) in [7, 11) is 0. The lowest BCUT2D eigenvalue weighted by Gasteiger charge is -2.36. The fourth-order valence-electron chi connectivity index (χ4n) is 4.24. The third-order valence-electron chi connectivity index (χ3n) is 6.28. The van der Waals surface area contributed by atoms with E-state index in [2.05, 4.69) is 32.7 Å². The molecule has 2 saturated heterocycles. The molecule has 1 atom stereocenters. The number of rotatable bonds is 7. The highest BCUT2D eigenvalue weighted by Gasteiger charge is 2.43. The predicted molar refractivity (Wildman–Crippen MR) is 130 cm³/mol. The van der Waals surface area contributed by atoms with Gasteiger partial charge in [-0.1, -0.05) is 35.0 Å². The number of benzene rings is 2. The monoisotopic (exact) mass is 527 g/mol. The Hall–Kier alpha value is -2.88. The van der Waals surface area contributed by atoms with Crippen LogP contribution in [0.3, 0.4) is 0 Å². The van der Waals surface area contributed by atoms with Crippen LogP contribution in [0.2, 0.25) is 0 Å². The maximum absolute atomic E-state index is 13.0. The second-order valence-corrected chi connectivity index (χ2v) is 9.23. The lowest BCUT2D eigenvalue weighted by Crippen LogP contribution is -2.52. The number of carbonyl (C=O) groups excluding carboxylic acids is 4. The van der Waals surface area contributed by atoms with Crippen molar-refractivity contribution in [1.29, 1.82) is 0 Å². The third kappa shape index (κ3) is 5.27. The summed E-state index contributed by atoms with van der Waals surface area (Å²) in [4.78, 5) is 55.9. The van der Waals surface area contributed by atoms with Crippen molar-refractivity contribution in [2.75, 3.05) is 44.2 Å². The molecule has 0 bridgehead atoms. The number of hydrogen-bond acceptors (Lipinski definition) is 7. The molecular formula is C25H26BrN3O5. The van der Waals surface area contributed by atoms with E-state index in [-0.39, 0.29) is 36.2 Å². The van der Waals surface area contributed by atoms with Gasteiger partial charge in [-0.3, -0.25) is 19.3 Å². The van der Waals surface area contributed by atoms with Gasteiger partial charge >= 0.3 is 5.97 Å². The number of halogens is 1. The van der Waals surface area contributed by atoms with Crippen molar-refractivity contribution in [2.45, 2.75) is 19.4 Å². The first-order valence-electron chi connectivity index (χ1n) is 11.3. The number of amides is 2. The molecule has 0 spiro atoms. The van der Waals surface area contributed by atoms with E-state index < -0.39 is 12.0 Å². The molecule has 0 aliphatic carbocycles. The summed E-state index contributed by atoms with van der Waals surface area (Å²) in [6.07, 6.45) is 0.160. The molecule has 9 heteroatoms. The average molecular weight is 528 g/mol. The number of Topliss-reactive ketones (excluding diaryl/α,β-unsaturated/α-hetero) is 1.